The van der Waals surface area contributed by atoms with Crippen LogP contribution in [-0.4, -0.2) is 72.9 Å². The molecule has 0 heterocycles. The minimum Gasteiger partial charge on any atom is -0.497 e. The van der Waals surface area contributed by atoms with Crippen molar-refractivity contribution in [1.82, 2.24) is 9.62 Å². The van der Waals surface area contributed by atoms with Gasteiger partial charge in [0.05, 0.1) is 34.1 Å². The van der Waals surface area contributed by atoms with Crippen molar-refractivity contribution in [2.24, 2.45) is 0 Å². The van der Waals surface area contributed by atoms with Crippen LogP contribution in [0, 0.1) is 17.0 Å². The smallest absolute Gasteiger partial charge is 0.273 e. The minimum absolute atomic E-state index is 0.0169. The third-order valence-corrected chi connectivity index (χ3v) is 9.51. The summed E-state index contributed by atoms with van der Waals surface area (Å²) in [5.41, 5.74) is 0.0690. The number of ether oxygens (including phenoxy) is 2. The summed E-state index contributed by atoms with van der Waals surface area (Å²) in [6.45, 7) is 0.910. The lowest BCUT2D eigenvalue weighted by Crippen LogP contribution is -2.42. The summed E-state index contributed by atoms with van der Waals surface area (Å²) in [4.78, 5) is 23.3. The predicted molar refractivity (Wildman–Crippen MR) is 151 cm³/mol. The van der Waals surface area contributed by atoms with Gasteiger partial charge in [0.1, 0.15) is 24.7 Å². The molecule has 0 spiro atoms. The van der Waals surface area contributed by atoms with Crippen LogP contribution < -0.4 is 19.1 Å². The van der Waals surface area contributed by atoms with Crippen molar-refractivity contribution < 1.29 is 36.0 Å². The Bertz CT molecular complexity index is 1610. The van der Waals surface area contributed by atoms with E-state index in [0.717, 1.165) is 14.7 Å². The first-order chi connectivity index (χ1) is 19.3. The highest BCUT2D eigenvalue weighted by molar-refractivity contribution is 7.92. The summed E-state index contributed by atoms with van der Waals surface area (Å²) >= 11 is 0. The van der Waals surface area contributed by atoms with Crippen molar-refractivity contribution in [2.75, 3.05) is 45.2 Å². The first kappa shape index (κ1) is 31.3. The Kier molecular flexibility index (Phi) is 9.91. The SMILES string of the molecule is COc1ccc(N(CC(=O)NCCOc2ccc(S(=O)(=O)N(C)C)cc2)S(=O)(=O)c2ccc(C)c([N+](=O)[O-])c2)cc1. The number of nitro groups is 1. The number of anilines is 1. The summed E-state index contributed by atoms with van der Waals surface area (Å²) in [6, 6.07) is 15.3. The van der Waals surface area contributed by atoms with Crippen LogP contribution in [0.2, 0.25) is 0 Å². The maximum Gasteiger partial charge on any atom is 0.273 e. The number of nitrogens with zero attached hydrogens (tertiary/aromatic N) is 3. The van der Waals surface area contributed by atoms with E-state index >= 15 is 0 Å². The molecule has 3 aromatic rings. The molecule has 0 aromatic heterocycles. The topological polar surface area (TPSA) is 165 Å². The fourth-order valence-corrected chi connectivity index (χ4v) is 5.94. The van der Waals surface area contributed by atoms with Crippen molar-refractivity contribution in [3.63, 3.8) is 0 Å². The van der Waals surface area contributed by atoms with E-state index < -0.39 is 37.4 Å². The number of rotatable bonds is 13. The Morgan fingerprint density at radius 2 is 1.49 bits per heavy atom. The van der Waals surface area contributed by atoms with Crippen LogP contribution in [-0.2, 0) is 24.8 Å². The van der Waals surface area contributed by atoms with E-state index in [2.05, 4.69) is 5.32 Å². The van der Waals surface area contributed by atoms with Gasteiger partial charge >= 0.3 is 0 Å². The number of sulfonamides is 2. The molecule has 13 nitrogen and oxygen atoms in total. The molecule has 3 rings (SSSR count). The molecule has 0 aliphatic heterocycles. The van der Waals surface area contributed by atoms with Gasteiger partial charge in [-0.1, -0.05) is 6.07 Å². The molecular formula is C26H30N4O9S2. The molecule has 41 heavy (non-hydrogen) atoms. The molecule has 3 aromatic carbocycles. The summed E-state index contributed by atoms with van der Waals surface area (Å²) < 4.78 is 64.1. The lowest BCUT2D eigenvalue weighted by atomic mass is 10.2. The molecule has 0 unspecified atom stereocenters. The number of hydrogen-bond donors (Lipinski definition) is 1. The van der Waals surface area contributed by atoms with Crippen LogP contribution in [0.5, 0.6) is 11.5 Å². The zero-order valence-electron chi connectivity index (χ0n) is 22.8. The minimum atomic E-state index is -4.39. The van der Waals surface area contributed by atoms with Gasteiger partial charge in [0, 0.05) is 25.7 Å². The molecular weight excluding hydrogens is 576 g/mol. The number of nitrogens with one attached hydrogen (secondary N) is 1. The number of carbonyl (C=O) groups excluding carboxylic acids is 1. The number of methoxy groups -OCH3 is 1. The molecule has 220 valence electrons. The van der Waals surface area contributed by atoms with Crippen molar-refractivity contribution in [1.29, 1.82) is 0 Å². The second-order valence-corrected chi connectivity index (χ2v) is 12.9. The van der Waals surface area contributed by atoms with E-state index in [1.807, 2.05) is 0 Å². The van der Waals surface area contributed by atoms with Gasteiger partial charge in [-0.3, -0.25) is 19.2 Å². The zero-order chi connectivity index (χ0) is 30.4. The molecule has 0 fully saturated rings. The molecule has 0 saturated heterocycles. The average molecular weight is 607 g/mol. The first-order valence-electron chi connectivity index (χ1n) is 12.1. The number of aryl methyl sites for hydroxylation is 1. The van der Waals surface area contributed by atoms with Crippen molar-refractivity contribution in [2.45, 2.75) is 16.7 Å². The molecule has 0 bridgehead atoms. The monoisotopic (exact) mass is 606 g/mol. The van der Waals surface area contributed by atoms with Crippen LogP contribution in [0.1, 0.15) is 5.56 Å². The second-order valence-electron chi connectivity index (χ2n) is 8.87. The van der Waals surface area contributed by atoms with E-state index in [9.17, 15) is 31.7 Å². The normalized spacial score (nSPS) is 11.6. The van der Waals surface area contributed by atoms with Gasteiger partial charge in [0.15, 0.2) is 0 Å². The highest BCUT2D eigenvalue weighted by atomic mass is 32.2. The van der Waals surface area contributed by atoms with Crippen LogP contribution in [0.3, 0.4) is 0 Å². The van der Waals surface area contributed by atoms with Gasteiger partial charge in [-0.25, -0.2) is 21.1 Å². The average Bonchev–Trinajstić information content (AvgIpc) is 2.94. The Hall–Kier alpha value is -4.21. The molecule has 1 N–H and O–H groups in total. The van der Waals surface area contributed by atoms with Crippen LogP contribution >= 0.6 is 0 Å². The van der Waals surface area contributed by atoms with E-state index in [0.29, 0.717) is 11.5 Å². The van der Waals surface area contributed by atoms with E-state index in [-0.39, 0.29) is 39.9 Å². The van der Waals surface area contributed by atoms with E-state index in [4.69, 9.17) is 9.47 Å². The molecule has 0 saturated carbocycles. The van der Waals surface area contributed by atoms with Crippen LogP contribution in [0.15, 0.2) is 76.5 Å². The maximum absolute atomic E-state index is 13.6. The highest BCUT2D eigenvalue weighted by Crippen LogP contribution is 2.29. The molecule has 15 heteroatoms. The number of hydrogen-bond acceptors (Lipinski definition) is 9. The quantitative estimate of drug-likeness (QED) is 0.175. The Morgan fingerprint density at radius 1 is 0.902 bits per heavy atom. The third-order valence-electron chi connectivity index (χ3n) is 5.91. The molecule has 0 atom stereocenters. The van der Waals surface area contributed by atoms with Crippen LogP contribution in [0.25, 0.3) is 0 Å². The summed E-state index contributed by atoms with van der Waals surface area (Å²) in [6.07, 6.45) is 0. The number of nitro benzene ring substituents is 1. The molecule has 0 aliphatic rings. The van der Waals surface area contributed by atoms with E-state index in [1.165, 1.54) is 88.8 Å². The maximum atomic E-state index is 13.6. The fourth-order valence-electron chi connectivity index (χ4n) is 3.60. The standard InChI is InChI=1S/C26H30N4O9S2/c1-19-5-12-24(17-25(19)30(32)33)41(36,37)29(20-6-8-21(38-4)9-7-20)18-26(31)27-15-16-39-22-10-13-23(14-11-22)40(34,35)28(2)3/h5-14,17H,15-16,18H2,1-4H3,(H,27,31). The molecule has 0 aliphatic carbocycles. The van der Waals surface area contributed by atoms with Crippen molar-refractivity contribution in [3.8, 4) is 11.5 Å². The Morgan fingerprint density at radius 3 is 2.05 bits per heavy atom. The lowest BCUT2D eigenvalue weighted by Gasteiger charge is -2.24. The van der Waals surface area contributed by atoms with E-state index in [1.54, 1.807) is 0 Å². The number of amides is 1. The lowest BCUT2D eigenvalue weighted by molar-refractivity contribution is -0.385. The number of carbonyl (C=O) groups is 1. The predicted octanol–water partition coefficient (Wildman–Crippen LogP) is 2.55. The van der Waals surface area contributed by atoms with Gasteiger partial charge in [-0.05, 0) is 61.5 Å². The third kappa shape index (κ3) is 7.50. The van der Waals surface area contributed by atoms with Crippen molar-refractivity contribution >= 4 is 37.3 Å². The van der Waals surface area contributed by atoms with Gasteiger partial charge in [-0.15, -0.1) is 0 Å². The fraction of sp³-hybridized carbons (Fsp3) is 0.269. The Balaban J connectivity index is 1.73. The number of benzene rings is 3. The second kappa shape index (κ2) is 13.0. The zero-order valence-corrected chi connectivity index (χ0v) is 24.4. The van der Waals surface area contributed by atoms with Crippen molar-refractivity contribution in [3.05, 3.63) is 82.4 Å². The summed E-state index contributed by atoms with van der Waals surface area (Å²) in [5.74, 6) is 0.188. The highest BCUT2D eigenvalue weighted by Gasteiger charge is 2.29. The van der Waals surface area contributed by atoms with Gasteiger partial charge in [0.2, 0.25) is 15.9 Å². The van der Waals surface area contributed by atoms with Gasteiger partial charge in [-0.2, -0.15) is 0 Å². The Labute approximate surface area is 238 Å². The first-order valence-corrected chi connectivity index (χ1v) is 15.0. The summed E-state index contributed by atoms with van der Waals surface area (Å²) in [7, 11) is -3.68. The summed E-state index contributed by atoms with van der Waals surface area (Å²) in [5, 5.41) is 14.0. The van der Waals surface area contributed by atoms with Gasteiger partial charge in [0.25, 0.3) is 15.7 Å². The molecule has 0 radical (unpaired) electrons. The van der Waals surface area contributed by atoms with Crippen LogP contribution in [0.4, 0.5) is 11.4 Å². The largest absolute Gasteiger partial charge is 0.497 e. The van der Waals surface area contributed by atoms with Gasteiger partial charge < -0.3 is 14.8 Å². The molecule has 1 amide bonds.